The standard InChI is InChI=1S/C14H18N2O3/c1-9-3-2-4-10-13(18)11(6-8-19-14(9)10)16-12(17)5-7-15/h2-4,11H,5-8,15H2,1H3,(H,16,17). The van der Waals surface area contributed by atoms with Crippen molar-refractivity contribution in [3.05, 3.63) is 29.3 Å². The Morgan fingerprint density at radius 2 is 2.32 bits per heavy atom. The topological polar surface area (TPSA) is 81.4 Å². The Hall–Kier alpha value is -1.88. The molecule has 1 aliphatic rings. The summed E-state index contributed by atoms with van der Waals surface area (Å²) < 4.78 is 5.62. The number of amides is 1. The van der Waals surface area contributed by atoms with Crippen molar-refractivity contribution in [1.29, 1.82) is 0 Å². The van der Waals surface area contributed by atoms with Gasteiger partial charge in [-0.3, -0.25) is 9.59 Å². The normalized spacial score (nSPS) is 18.2. The second-order valence-electron chi connectivity index (χ2n) is 4.61. The fraction of sp³-hybridized carbons (Fsp3) is 0.429. The molecule has 102 valence electrons. The Bertz CT molecular complexity index is 499. The summed E-state index contributed by atoms with van der Waals surface area (Å²) in [6.45, 7) is 2.59. The van der Waals surface area contributed by atoms with E-state index in [1.807, 2.05) is 19.1 Å². The molecule has 5 nitrogen and oxygen atoms in total. The van der Waals surface area contributed by atoms with E-state index in [0.717, 1.165) is 5.56 Å². The molecule has 19 heavy (non-hydrogen) atoms. The van der Waals surface area contributed by atoms with E-state index in [9.17, 15) is 9.59 Å². The number of ether oxygens (including phenoxy) is 1. The van der Waals surface area contributed by atoms with E-state index in [0.29, 0.717) is 24.3 Å². The number of aryl methyl sites for hydroxylation is 1. The summed E-state index contributed by atoms with van der Waals surface area (Å²) in [4.78, 5) is 24.0. The first kappa shape index (κ1) is 13.5. The molecule has 0 bridgehead atoms. The van der Waals surface area contributed by atoms with Crippen molar-refractivity contribution >= 4 is 11.7 Å². The fourth-order valence-electron chi connectivity index (χ4n) is 2.17. The van der Waals surface area contributed by atoms with E-state index < -0.39 is 6.04 Å². The fourth-order valence-corrected chi connectivity index (χ4v) is 2.17. The first-order chi connectivity index (χ1) is 9.13. The minimum atomic E-state index is -0.526. The van der Waals surface area contributed by atoms with E-state index in [1.54, 1.807) is 6.07 Å². The summed E-state index contributed by atoms with van der Waals surface area (Å²) in [5, 5.41) is 2.72. The number of ketones is 1. The third-order valence-corrected chi connectivity index (χ3v) is 3.15. The average molecular weight is 262 g/mol. The van der Waals surface area contributed by atoms with Crippen molar-refractivity contribution in [2.24, 2.45) is 5.73 Å². The Morgan fingerprint density at radius 3 is 3.05 bits per heavy atom. The molecule has 1 unspecified atom stereocenters. The van der Waals surface area contributed by atoms with Crippen LogP contribution in [0.25, 0.3) is 0 Å². The number of hydrogen-bond acceptors (Lipinski definition) is 4. The summed E-state index contributed by atoms with van der Waals surface area (Å²) in [5.74, 6) is 0.335. The largest absolute Gasteiger partial charge is 0.492 e. The van der Waals surface area contributed by atoms with Crippen molar-refractivity contribution in [3.8, 4) is 5.75 Å². The van der Waals surface area contributed by atoms with Crippen LogP contribution in [-0.2, 0) is 4.79 Å². The van der Waals surface area contributed by atoms with E-state index in [-0.39, 0.29) is 24.7 Å². The van der Waals surface area contributed by atoms with Crippen LogP contribution in [-0.4, -0.2) is 30.9 Å². The molecule has 1 aromatic rings. The van der Waals surface area contributed by atoms with Crippen LogP contribution in [0.2, 0.25) is 0 Å². The molecule has 2 rings (SSSR count). The molecule has 0 aliphatic carbocycles. The molecule has 3 N–H and O–H groups in total. The van der Waals surface area contributed by atoms with Crippen LogP contribution in [0.5, 0.6) is 5.75 Å². The number of nitrogens with one attached hydrogen (secondary N) is 1. The lowest BCUT2D eigenvalue weighted by molar-refractivity contribution is -0.121. The SMILES string of the molecule is Cc1cccc2c1OCCC(NC(=O)CCN)C2=O. The van der Waals surface area contributed by atoms with Crippen LogP contribution in [0.3, 0.4) is 0 Å². The van der Waals surface area contributed by atoms with Crippen molar-refractivity contribution in [1.82, 2.24) is 5.32 Å². The zero-order valence-electron chi connectivity index (χ0n) is 10.9. The first-order valence-corrected chi connectivity index (χ1v) is 6.39. The zero-order chi connectivity index (χ0) is 13.8. The predicted octanol–water partition coefficient (Wildman–Crippen LogP) is 0.794. The molecule has 1 atom stereocenters. The van der Waals surface area contributed by atoms with Crippen LogP contribution in [0.1, 0.15) is 28.8 Å². The number of nitrogens with two attached hydrogens (primary N) is 1. The molecule has 1 aliphatic heterocycles. The van der Waals surface area contributed by atoms with Crippen molar-refractivity contribution in [2.75, 3.05) is 13.2 Å². The number of Topliss-reactive ketones (excluding diaryl/α,β-unsaturated/α-hetero) is 1. The third-order valence-electron chi connectivity index (χ3n) is 3.15. The summed E-state index contributed by atoms with van der Waals surface area (Å²) in [7, 11) is 0. The highest BCUT2D eigenvalue weighted by atomic mass is 16.5. The molecular weight excluding hydrogens is 244 g/mol. The van der Waals surface area contributed by atoms with Gasteiger partial charge in [0.05, 0.1) is 18.2 Å². The van der Waals surface area contributed by atoms with Crippen LogP contribution >= 0.6 is 0 Å². The smallest absolute Gasteiger partial charge is 0.221 e. The first-order valence-electron chi connectivity index (χ1n) is 6.39. The number of benzene rings is 1. The molecular formula is C14H18N2O3. The number of fused-ring (bicyclic) bond motifs is 1. The summed E-state index contributed by atoms with van der Waals surface area (Å²) >= 11 is 0. The minimum absolute atomic E-state index is 0.0958. The summed E-state index contributed by atoms with van der Waals surface area (Å²) in [6, 6.07) is 4.93. The molecule has 0 aromatic heterocycles. The van der Waals surface area contributed by atoms with Gasteiger partial charge in [0.25, 0.3) is 0 Å². The Morgan fingerprint density at radius 1 is 1.53 bits per heavy atom. The number of carbonyl (C=O) groups excluding carboxylic acids is 2. The van der Waals surface area contributed by atoms with Gasteiger partial charge in [-0.05, 0) is 18.6 Å². The number of rotatable bonds is 3. The lowest BCUT2D eigenvalue weighted by atomic mass is 10.00. The van der Waals surface area contributed by atoms with Gasteiger partial charge in [-0.25, -0.2) is 0 Å². The predicted molar refractivity (Wildman–Crippen MR) is 71.2 cm³/mol. The maximum Gasteiger partial charge on any atom is 0.221 e. The minimum Gasteiger partial charge on any atom is -0.492 e. The van der Waals surface area contributed by atoms with Crippen LogP contribution in [0.15, 0.2) is 18.2 Å². The van der Waals surface area contributed by atoms with Crippen molar-refractivity contribution in [3.63, 3.8) is 0 Å². The lowest BCUT2D eigenvalue weighted by Gasteiger charge is -2.14. The summed E-state index contributed by atoms with van der Waals surface area (Å²) in [6.07, 6.45) is 0.703. The van der Waals surface area contributed by atoms with Gasteiger partial charge in [0.1, 0.15) is 5.75 Å². The second kappa shape index (κ2) is 5.84. The van der Waals surface area contributed by atoms with Crippen molar-refractivity contribution < 1.29 is 14.3 Å². The molecule has 5 heteroatoms. The van der Waals surface area contributed by atoms with Crippen LogP contribution < -0.4 is 15.8 Å². The Kier molecular flexibility index (Phi) is 4.16. The van der Waals surface area contributed by atoms with Gasteiger partial charge in [0, 0.05) is 19.4 Å². The molecule has 1 amide bonds. The van der Waals surface area contributed by atoms with Gasteiger partial charge >= 0.3 is 0 Å². The quantitative estimate of drug-likeness (QED) is 0.844. The van der Waals surface area contributed by atoms with Gasteiger partial charge in [0.2, 0.25) is 5.91 Å². The van der Waals surface area contributed by atoms with Crippen LogP contribution in [0, 0.1) is 6.92 Å². The van der Waals surface area contributed by atoms with Gasteiger partial charge in [-0.2, -0.15) is 0 Å². The highest BCUT2D eigenvalue weighted by molar-refractivity contribution is 6.04. The van der Waals surface area contributed by atoms with E-state index in [2.05, 4.69) is 5.32 Å². The summed E-state index contributed by atoms with van der Waals surface area (Å²) in [5.41, 5.74) is 6.79. The van der Waals surface area contributed by atoms with E-state index in [1.165, 1.54) is 0 Å². The maximum absolute atomic E-state index is 12.4. The van der Waals surface area contributed by atoms with Gasteiger partial charge in [-0.15, -0.1) is 0 Å². The Labute approximate surface area is 112 Å². The molecule has 0 spiro atoms. The molecule has 0 fully saturated rings. The third kappa shape index (κ3) is 2.93. The highest BCUT2D eigenvalue weighted by Gasteiger charge is 2.28. The molecule has 0 saturated carbocycles. The van der Waals surface area contributed by atoms with E-state index in [4.69, 9.17) is 10.5 Å². The van der Waals surface area contributed by atoms with Gasteiger partial charge < -0.3 is 15.8 Å². The lowest BCUT2D eigenvalue weighted by Crippen LogP contribution is -2.41. The molecule has 1 aromatic carbocycles. The van der Waals surface area contributed by atoms with Crippen molar-refractivity contribution in [2.45, 2.75) is 25.8 Å². The maximum atomic E-state index is 12.4. The average Bonchev–Trinajstić information content (AvgIpc) is 2.53. The van der Waals surface area contributed by atoms with Gasteiger partial charge in [-0.1, -0.05) is 12.1 Å². The molecule has 0 radical (unpaired) electrons. The highest BCUT2D eigenvalue weighted by Crippen LogP contribution is 2.27. The molecule has 0 saturated heterocycles. The number of para-hydroxylation sites is 1. The van der Waals surface area contributed by atoms with Crippen LogP contribution in [0.4, 0.5) is 0 Å². The van der Waals surface area contributed by atoms with E-state index >= 15 is 0 Å². The van der Waals surface area contributed by atoms with Gasteiger partial charge in [0.15, 0.2) is 5.78 Å². The number of carbonyl (C=O) groups is 2. The Balaban J connectivity index is 2.21. The zero-order valence-corrected chi connectivity index (χ0v) is 10.9. The second-order valence-corrected chi connectivity index (χ2v) is 4.61. The monoisotopic (exact) mass is 262 g/mol. The molecule has 1 heterocycles. The number of hydrogen-bond donors (Lipinski definition) is 2.